The van der Waals surface area contributed by atoms with Gasteiger partial charge in [0, 0.05) is 17.7 Å². The number of hydrogen-bond acceptors (Lipinski definition) is 2. The normalized spacial score (nSPS) is 18.4. The van der Waals surface area contributed by atoms with Crippen LogP contribution in [0.25, 0.3) is 0 Å². The Balaban J connectivity index is 2.85. The van der Waals surface area contributed by atoms with Crippen LogP contribution in [0, 0.1) is 0 Å². The number of rotatable bonds is 0. The molecule has 0 unspecified atom stereocenters. The van der Waals surface area contributed by atoms with Crippen molar-refractivity contribution in [3.05, 3.63) is 23.1 Å². The second-order valence-electron chi connectivity index (χ2n) is 1.96. The van der Waals surface area contributed by atoms with E-state index in [9.17, 15) is 0 Å². The van der Waals surface area contributed by atoms with Gasteiger partial charge in [0.15, 0.2) is 0 Å². The molecule has 0 aromatic heterocycles. The average Bonchev–Trinajstić information content (AvgIpc) is 1.99. The third-order valence-corrected chi connectivity index (χ3v) is 1.90. The first-order valence-electron chi connectivity index (χ1n) is 2.85. The summed E-state index contributed by atoms with van der Waals surface area (Å²) >= 11 is 1.48. The van der Waals surface area contributed by atoms with Crippen molar-refractivity contribution in [2.24, 2.45) is 4.40 Å². The first-order chi connectivity index (χ1) is 4.30. The van der Waals surface area contributed by atoms with E-state index in [1.54, 1.807) is 0 Å². The molecule has 0 spiro atoms. The molecule has 0 saturated carbocycles. The molecule has 0 aromatic carbocycles. The quantitative estimate of drug-likeness (QED) is 0.470. The molecule has 0 saturated heterocycles. The van der Waals surface area contributed by atoms with Crippen molar-refractivity contribution in [1.29, 1.82) is 0 Å². The second kappa shape index (κ2) is 2.87. The molecule has 1 nitrogen and oxygen atoms in total. The van der Waals surface area contributed by atoms with Crippen molar-refractivity contribution in [3.63, 3.8) is 0 Å². The highest BCUT2D eigenvalue weighted by Gasteiger charge is 1.93. The molecule has 0 aliphatic carbocycles. The average molecular weight is 139 g/mol. The van der Waals surface area contributed by atoms with Gasteiger partial charge in [-0.1, -0.05) is 12.2 Å². The summed E-state index contributed by atoms with van der Waals surface area (Å²) in [5.41, 5.74) is 2.36. The van der Waals surface area contributed by atoms with Gasteiger partial charge in [-0.3, -0.25) is 0 Å². The Hall–Kier alpha value is -0.500. The molecule has 0 N–H and O–H groups in total. The van der Waals surface area contributed by atoms with Crippen molar-refractivity contribution in [2.45, 2.75) is 13.8 Å². The van der Waals surface area contributed by atoms with Crippen LogP contribution in [0.5, 0.6) is 0 Å². The lowest BCUT2D eigenvalue weighted by molar-refractivity contribution is 1.54. The molecule has 0 atom stereocenters. The molecule has 1 heterocycles. The lowest BCUT2D eigenvalue weighted by atomic mass is 10.2. The molecule has 0 fully saturated rings. The Kier molecular flexibility index (Phi) is 2.11. The van der Waals surface area contributed by atoms with Gasteiger partial charge in [-0.15, -0.1) is 0 Å². The molecule has 1 rings (SSSR count). The van der Waals surface area contributed by atoms with E-state index in [1.807, 2.05) is 18.4 Å². The minimum Gasteiger partial charge on any atom is -0.217 e. The Morgan fingerprint density at radius 3 is 3.00 bits per heavy atom. The van der Waals surface area contributed by atoms with Crippen LogP contribution in [0.15, 0.2) is 27.5 Å². The Morgan fingerprint density at radius 2 is 2.22 bits per heavy atom. The van der Waals surface area contributed by atoms with E-state index in [-0.39, 0.29) is 0 Å². The van der Waals surface area contributed by atoms with Gasteiger partial charge < -0.3 is 0 Å². The SMILES string of the molecule is CC1=CC=CSN=C1C. The topological polar surface area (TPSA) is 12.4 Å². The van der Waals surface area contributed by atoms with Gasteiger partial charge in [-0.05, 0) is 24.8 Å². The third kappa shape index (κ3) is 1.72. The van der Waals surface area contributed by atoms with Gasteiger partial charge in [0.05, 0.1) is 0 Å². The molecule has 1 aliphatic heterocycles. The van der Waals surface area contributed by atoms with Crippen LogP contribution in [-0.4, -0.2) is 5.71 Å². The lowest BCUT2D eigenvalue weighted by Crippen LogP contribution is -1.89. The zero-order chi connectivity index (χ0) is 6.69. The fourth-order valence-electron chi connectivity index (χ4n) is 0.521. The van der Waals surface area contributed by atoms with E-state index >= 15 is 0 Å². The maximum absolute atomic E-state index is 4.18. The monoisotopic (exact) mass is 139 g/mol. The van der Waals surface area contributed by atoms with E-state index in [2.05, 4.69) is 17.4 Å². The van der Waals surface area contributed by atoms with Crippen LogP contribution in [0.4, 0.5) is 0 Å². The van der Waals surface area contributed by atoms with Crippen LogP contribution in [0.2, 0.25) is 0 Å². The highest BCUT2D eigenvalue weighted by atomic mass is 32.2. The molecule has 48 valence electrons. The molecular formula is C7H9NS. The summed E-state index contributed by atoms with van der Waals surface area (Å²) in [5.74, 6) is 0. The minimum atomic E-state index is 1.12. The zero-order valence-corrected chi connectivity index (χ0v) is 6.40. The van der Waals surface area contributed by atoms with Gasteiger partial charge in [0.25, 0.3) is 0 Å². The maximum atomic E-state index is 4.18. The van der Waals surface area contributed by atoms with Crippen LogP contribution in [-0.2, 0) is 0 Å². The summed E-state index contributed by atoms with van der Waals surface area (Å²) in [6.45, 7) is 4.08. The molecule has 0 bridgehead atoms. The highest BCUT2D eigenvalue weighted by molar-refractivity contribution is 8.01. The largest absolute Gasteiger partial charge is 0.217 e. The first-order valence-corrected chi connectivity index (χ1v) is 3.68. The standard InChI is InChI=1S/C7H9NS/c1-6-4-3-5-9-8-7(6)2/h3-5H,1-2H3. The van der Waals surface area contributed by atoms with Crippen molar-refractivity contribution in [3.8, 4) is 0 Å². The van der Waals surface area contributed by atoms with E-state index in [0.29, 0.717) is 0 Å². The van der Waals surface area contributed by atoms with Crippen molar-refractivity contribution in [1.82, 2.24) is 0 Å². The van der Waals surface area contributed by atoms with Crippen molar-refractivity contribution in [2.75, 3.05) is 0 Å². The summed E-state index contributed by atoms with van der Waals surface area (Å²) < 4.78 is 4.18. The summed E-state index contributed by atoms with van der Waals surface area (Å²) in [4.78, 5) is 0. The van der Waals surface area contributed by atoms with Crippen molar-refractivity contribution >= 4 is 17.7 Å². The van der Waals surface area contributed by atoms with E-state index < -0.39 is 0 Å². The van der Waals surface area contributed by atoms with Crippen LogP contribution < -0.4 is 0 Å². The smallest absolute Gasteiger partial charge is 0.0489 e. The molecule has 0 amide bonds. The summed E-state index contributed by atoms with van der Waals surface area (Å²) in [6, 6.07) is 0. The third-order valence-electron chi connectivity index (χ3n) is 1.25. The summed E-state index contributed by atoms with van der Waals surface area (Å²) in [6.07, 6.45) is 4.08. The highest BCUT2D eigenvalue weighted by Crippen LogP contribution is 2.12. The number of hydrogen-bond donors (Lipinski definition) is 0. The number of nitrogens with zero attached hydrogens (tertiary/aromatic N) is 1. The van der Waals surface area contributed by atoms with E-state index in [1.165, 1.54) is 17.5 Å². The molecule has 9 heavy (non-hydrogen) atoms. The van der Waals surface area contributed by atoms with Gasteiger partial charge in [0.1, 0.15) is 0 Å². The maximum Gasteiger partial charge on any atom is 0.0489 e. The molecule has 0 aromatic rings. The van der Waals surface area contributed by atoms with Gasteiger partial charge in [0.2, 0.25) is 0 Å². The summed E-state index contributed by atoms with van der Waals surface area (Å²) in [7, 11) is 0. The van der Waals surface area contributed by atoms with Crippen LogP contribution >= 0.6 is 11.9 Å². The van der Waals surface area contributed by atoms with Gasteiger partial charge >= 0.3 is 0 Å². The van der Waals surface area contributed by atoms with Crippen LogP contribution in [0.3, 0.4) is 0 Å². The minimum absolute atomic E-state index is 1.12. The summed E-state index contributed by atoms with van der Waals surface area (Å²) in [5, 5.41) is 1.97. The van der Waals surface area contributed by atoms with E-state index in [4.69, 9.17) is 0 Å². The fraction of sp³-hybridized carbons (Fsp3) is 0.286. The zero-order valence-electron chi connectivity index (χ0n) is 5.59. The predicted molar refractivity (Wildman–Crippen MR) is 43.6 cm³/mol. The van der Waals surface area contributed by atoms with Crippen LogP contribution in [0.1, 0.15) is 13.8 Å². The molecule has 1 aliphatic rings. The Labute approximate surface area is 59.7 Å². The molecule has 0 radical (unpaired) electrons. The Morgan fingerprint density at radius 1 is 1.44 bits per heavy atom. The molecular weight excluding hydrogens is 130 g/mol. The fourth-order valence-corrected chi connectivity index (χ4v) is 1.03. The first kappa shape index (κ1) is 6.62. The molecule has 2 heteroatoms. The predicted octanol–water partition coefficient (Wildman–Crippen LogP) is 2.57. The second-order valence-corrected chi connectivity index (χ2v) is 2.63. The van der Waals surface area contributed by atoms with E-state index in [0.717, 1.165) is 5.71 Å². The van der Waals surface area contributed by atoms with Gasteiger partial charge in [-0.2, -0.15) is 0 Å². The lowest BCUT2D eigenvalue weighted by Gasteiger charge is -1.92. The van der Waals surface area contributed by atoms with Gasteiger partial charge in [-0.25, -0.2) is 4.40 Å². The van der Waals surface area contributed by atoms with Crippen molar-refractivity contribution < 1.29 is 0 Å². The Bertz CT molecular complexity index is 189. The number of allylic oxidation sites excluding steroid dienone is 3.